The third-order valence-electron chi connectivity index (χ3n) is 1.50. The van der Waals surface area contributed by atoms with Crippen molar-refractivity contribution in [3.8, 4) is 0 Å². The van der Waals surface area contributed by atoms with Crippen molar-refractivity contribution in [2.45, 2.75) is 12.1 Å². The quantitative estimate of drug-likeness (QED) is 0.324. The molecule has 56 valence electrons. The van der Waals surface area contributed by atoms with Gasteiger partial charge in [0.05, 0.1) is 25.4 Å². The van der Waals surface area contributed by atoms with Crippen LogP contribution in [0.1, 0.15) is 0 Å². The Kier molecular flexibility index (Phi) is 2.50. The molecule has 1 aliphatic heterocycles. The maximum absolute atomic E-state index is 8.09. The molecule has 0 aliphatic carbocycles. The molecule has 0 aromatic carbocycles. The van der Waals surface area contributed by atoms with E-state index in [0.29, 0.717) is 13.2 Å². The number of hydrogen-bond acceptors (Lipinski definition) is 3. The molecule has 0 aromatic heterocycles. The first-order valence-corrected chi connectivity index (χ1v) is 3.03. The molecule has 0 saturated carbocycles. The molecule has 5 nitrogen and oxygen atoms in total. The zero-order valence-electron chi connectivity index (χ0n) is 5.73. The third kappa shape index (κ3) is 1.39. The van der Waals surface area contributed by atoms with Crippen molar-refractivity contribution in [1.82, 2.24) is 0 Å². The van der Waals surface area contributed by atoms with Gasteiger partial charge in [-0.15, -0.1) is 0 Å². The zero-order chi connectivity index (χ0) is 7.40. The number of methoxy groups -OCH3 is 1. The SMILES string of the molecule is CO[C@@H]1COC[C@@H]1N=[N+]=[N-]. The molecule has 1 fully saturated rings. The summed E-state index contributed by atoms with van der Waals surface area (Å²) >= 11 is 0. The number of nitrogens with zero attached hydrogens (tertiary/aromatic N) is 3. The van der Waals surface area contributed by atoms with Crippen molar-refractivity contribution < 1.29 is 9.47 Å². The van der Waals surface area contributed by atoms with Gasteiger partial charge < -0.3 is 9.47 Å². The minimum atomic E-state index is -0.144. The van der Waals surface area contributed by atoms with Crippen molar-refractivity contribution in [3.05, 3.63) is 10.4 Å². The summed E-state index contributed by atoms with van der Waals surface area (Å²) in [6.07, 6.45) is -0.0594. The number of hydrogen-bond donors (Lipinski definition) is 0. The summed E-state index contributed by atoms with van der Waals surface area (Å²) < 4.78 is 10.0. The monoisotopic (exact) mass is 143 g/mol. The average Bonchev–Trinajstić information content (AvgIpc) is 2.36. The molecule has 2 atom stereocenters. The van der Waals surface area contributed by atoms with Crippen LogP contribution in [0.2, 0.25) is 0 Å². The zero-order valence-corrected chi connectivity index (χ0v) is 5.73. The Morgan fingerprint density at radius 3 is 3.10 bits per heavy atom. The molecular weight excluding hydrogens is 134 g/mol. The van der Waals surface area contributed by atoms with Crippen molar-refractivity contribution in [3.63, 3.8) is 0 Å². The first-order chi connectivity index (χ1) is 4.88. The fourth-order valence-electron chi connectivity index (χ4n) is 0.922. The highest BCUT2D eigenvalue weighted by Crippen LogP contribution is 2.11. The fourth-order valence-corrected chi connectivity index (χ4v) is 0.922. The summed E-state index contributed by atoms with van der Waals surface area (Å²) in [5, 5.41) is 3.51. The van der Waals surface area contributed by atoms with E-state index in [1.165, 1.54) is 0 Å². The molecule has 0 aromatic rings. The Hall–Kier alpha value is -0.770. The van der Waals surface area contributed by atoms with Gasteiger partial charge in [0.1, 0.15) is 0 Å². The van der Waals surface area contributed by atoms with Crippen LogP contribution in [0.15, 0.2) is 5.11 Å². The van der Waals surface area contributed by atoms with E-state index in [9.17, 15) is 0 Å². The maximum Gasteiger partial charge on any atom is 0.0911 e. The minimum Gasteiger partial charge on any atom is -0.379 e. The van der Waals surface area contributed by atoms with E-state index in [2.05, 4.69) is 10.0 Å². The van der Waals surface area contributed by atoms with Crippen LogP contribution >= 0.6 is 0 Å². The Labute approximate surface area is 58.6 Å². The molecule has 5 heteroatoms. The molecule has 0 amide bonds. The minimum absolute atomic E-state index is 0.0594. The third-order valence-corrected chi connectivity index (χ3v) is 1.50. The highest BCUT2D eigenvalue weighted by molar-refractivity contribution is 4.81. The van der Waals surface area contributed by atoms with Crippen molar-refractivity contribution >= 4 is 0 Å². The van der Waals surface area contributed by atoms with Gasteiger partial charge in [-0.05, 0) is 5.53 Å². The van der Waals surface area contributed by atoms with Gasteiger partial charge in [-0.2, -0.15) is 0 Å². The second-order valence-corrected chi connectivity index (χ2v) is 2.08. The molecule has 0 radical (unpaired) electrons. The Bertz CT molecular complexity index is 155. The van der Waals surface area contributed by atoms with Crippen molar-refractivity contribution in [2.24, 2.45) is 5.11 Å². The summed E-state index contributed by atoms with van der Waals surface area (Å²) in [6.45, 7) is 1.00. The van der Waals surface area contributed by atoms with E-state index in [0.717, 1.165) is 0 Å². The van der Waals surface area contributed by atoms with E-state index in [1.54, 1.807) is 7.11 Å². The Morgan fingerprint density at radius 2 is 2.50 bits per heavy atom. The van der Waals surface area contributed by atoms with E-state index >= 15 is 0 Å². The predicted octanol–water partition coefficient (Wildman–Crippen LogP) is 0.710. The van der Waals surface area contributed by atoms with E-state index in [1.807, 2.05) is 0 Å². The molecule has 0 bridgehead atoms. The second-order valence-electron chi connectivity index (χ2n) is 2.08. The van der Waals surface area contributed by atoms with Crippen LogP contribution in [0.5, 0.6) is 0 Å². The topological polar surface area (TPSA) is 67.2 Å². The lowest BCUT2D eigenvalue weighted by atomic mass is 10.2. The smallest absolute Gasteiger partial charge is 0.0911 e. The molecule has 0 spiro atoms. The van der Waals surface area contributed by atoms with Crippen LogP contribution in [0.4, 0.5) is 0 Å². The Balaban J connectivity index is 2.49. The summed E-state index contributed by atoms with van der Waals surface area (Å²) in [5.41, 5.74) is 8.09. The number of rotatable bonds is 2. The molecule has 0 unspecified atom stereocenters. The van der Waals surface area contributed by atoms with Crippen LogP contribution in [-0.4, -0.2) is 32.5 Å². The molecule has 1 heterocycles. The summed E-state index contributed by atoms with van der Waals surface area (Å²) in [6, 6.07) is -0.144. The maximum atomic E-state index is 8.09. The Morgan fingerprint density at radius 1 is 1.70 bits per heavy atom. The lowest BCUT2D eigenvalue weighted by molar-refractivity contribution is 0.0778. The highest BCUT2D eigenvalue weighted by Gasteiger charge is 2.26. The van der Waals surface area contributed by atoms with Gasteiger partial charge in [0.25, 0.3) is 0 Å². The van der Waals surface area contributed by atoms with Crippen LogP contribution in [0.25, 0.3) is 10.4 Å². The lowest BCUT2D eigenvalue weighted by Crippen LogP contribution is -2.23. The average molecular weight is 143 g/mol. The van der Waals surface area contributed by atoms with E-state index < -0.39 is 0 Å². The van der Waals surface area contributed by atoms with E-state index in [-0.39, 0.29) is 12.1 Å². The van der Waals surface area contributed by atoms with Gasteiger partial charge in [-0.1, -0.05) is 5.11 Å². The van der Waals surface area contributed by atoms with Gasteiger partial charge in [0, 0.05) is 12.0 Å². The molecular formula is C5H9N3O2. The number of ether oxygens (including phenoxy) is 2. The van der Waals surface area contributed by atoms with Gasteiger partial charge in [0.2, 0.25) is 0 Å². The molecule has 0 N–H and O–H groups in total. The first-order valence-electron chi connectivity index (χ1n) is 3.03. The van der Waals surface area contributed by atoms with E-state index in [4.69, 9.17) is 15.0 Å². The second kappa shape index (κ2) is 3.41. The lowest BCUT2D eigenvalue weighted by Gasteiger charge is -2.08. The first kappa shape index (κ1) is 7.34. The molecule has 10 heavy (non-hydrogen) atoms. The van der Waals surface area contributed by atoms with Gasteiger partial charge in [-0.3, -0.25) is 0 Å². The van der Waals surface area contributed by atoms with Crippen LogP contribution in [0.3, 0.4) is 0 Å². The summed E-state index contributed by atoms with van der Waals surface area (Å²) in [4.78, 5) is 2.68. The van der Waals surface area contributed by atoms with Crippen LogP contribution in [0, 0.1) is 0 Å². The molecule has 1 aliphatic rings. The van der Waals surface area contributed by atoms with Crippen molar-refractivity contribution in [2.75, 3.05) is 20.3 Å². The molecule has 1 rings (SSSR count). The normalized spacial score (nSPS) is 31.7. The highest BCUT2D eigenvalue weighted by atomic mass is 16.5. The predicted molar refractivity (Wildman–Crippen MR) is 34.5 cm³/mol. The van der Waals surface area contributed by atoms with Crippen LogP contribution in [-0.2, 0) is 9.47 Å². The summed E-state index contributed by atoms with van der Waals surface area (Å²) in [7, 11) is 1.58. The van der Waals surface area contributed by atoms with Gasteiger partial charge >= 0.3 is 0 Å². The standard InChI is InChI=1S/C5H9N3O2/c1-9-5-3-10-2-4(5)7-8-6/h4-5H,2-3H2,1H3/t4-,5+/m0/s1. The van der Waals surface area contributed by atoms with Gasteiger partial charge in [-0.25, -0.2) is 0 Å². The largest absolute Gasteiger partial charge is 0.379 e. The number of azide groups is 1. The van der Waals surface area contributed by atoms with Gasteiger partial charge in [0.15, 0.2) is 0 Å². The summed E-state index contributed by atoms with van der Waals surface area (Å²) in [5.74, 6) is 0. The van der Waals surface area contributed by atoms with Crippen LogP contribution < -0.4 is 0 Å². The fraction of sp³-hybridized carbons (Fsp3) is 1.00. The molecule has 1 saturated heterocycles. The van der Waals surface area contributed by atoms with Crippen molar-refractivity contribution in [1.29, 1.82) is 0 Å².